The summed E-state index contributed by atoms with van der Waals surface area (Å²) in [5, 5.41) is 0. The van der Waals surface area contributed by atoms with Gasteiger partial charge in [0.15, 0.2) is 0 Å². The summed E-state index contributed by atoms with van der Waals surface area (Å²) in [6.07, 6.45) is 6.02. The van der Waals surface area contributed by atoms with Crippen LogP contribution in [0.25, 0.3) is 0 Å². The van der Waals surface area contributed by atoms with Crippen molar-refractivity contribution in [3.05, 3.63) is 22.9 Å². The quantitative estimate of drug-likeness (QED) is 0.830. The lowest BCUT2D eigenvalue weighted by Crippen LogP contribution is -2.31. The van der Waals surface area contributed by atoms with Crippen molar-refractivity contribution in [3.8, 4) is 0 Å². The number of rotatable bonds is 7. The SMILES string of the molecule is CCC(CC)CN(CC)c1nc2c(cc1CN)CCC2. The van der Waals surface area contributed by atoms with Gasteiger partial charge in [0.2, 0.25) is 0 Å². The van der Waals surface area contributed by atoms with E-state index in [2.05, 4.69) is 31.7 Å². The predicted octanol–water partition coefficient (Wildman–Crippen LogP) is 3.29. The Hall–Kier alpha value is -1.09. The third kappa shape index (κ3) is 3.14. The summed E-state index contributed by atoms with van der Waals surface area (Å²) in [6.45, 7) is 9.48. The van der Waals surface area contributed by atoms with Gasteiger partial charge in [-0.3, -0.25) is 0 Å². The third-order valence-electron chi connectivity index (χ3n) is 4.64. The number of aryl methyl sites for hydroxylation is 2. The molecule has 20 heavy (non-hydrogen) atoms. The van der Waals surface area contributed by atoms with E-state index in [-0.39, 0.29) is 0 Å². The molecule has 3 heteroatoms. The van der Waals surface area contributed by atoms with E-state index < -0.39 is 0 Å². The molecule has 0 aromatic carbocycles. The maximum Gasteiger partial charge on any atom is 0.133 e. The van der Waals surface area contributed by atoms with Crippen LogP contribution in [0.5, 0.6) is 0 Å². The Bertz CT molecular complexity index is 438. The molecule has 0 saturated carbocycles. The van der Waals surface area contributed by atoms with Gasteiger partial charge in [-0.1, -0.05) is 26.7 Å². The second-order valence-corrected chi connectivity index (χ2v) is 5.86. The fourth-order valence-corrected chi connectivity index (χ4v) is 3.16. The van der Waals surface area contributed by atoms with Crippen LogP contribution in [0.2, 0.25) is 0 Å². The van der Waals surface area contributed by atoms with Crippen molar-refractivity contribution in [2.75, 3.05) is 18.0 Å². The smallest absolute Gasteiger partial charge is 0.133 e. The van der Waals surface area contributed by atoms with E-state index in [1.54, 1.807) is 0 Å². The normalized spacial score (nSPS) is 13.8. The van der Waals surface area contributed by atoms with Crippen LogP contribution in [0.4, 0.5) is 5.82 Å². The van der Waals surface area contributed by atoms with Gasteiger partial charge in [-0.05, 0) is 43.7 Å². The van der Waals surface area contributed by atoms with Crippen molar-refractivity contribution in [2.24, 2.45) is 11.7 Å². The molecule has 0 atom stereocenters. The number of anilines is 1. The Kier molecular flexibility index (Phi) is 5.41. The monoisotopic (exact) mass is 275 g/mol. The summed E-state index contributed by atoms with van der Waals surface area (Å²) in [4.78, 5) is 7.39. The molecule has 2 rings (SSSR count). The van der Waals surface area contributed by atoms with Crippen molar-refractivity contribution in [2.45, 2.75) is 59.4 Å². The Morgan fingerprint density at radius 2 is 2.00 bits per heavy atom. The zero-order valence-electron chi connectivity index (χ0n) is 13.3. The van der Waals surface area contributed by atoms with Gasteiger partial charge in [0.25, 0.3) is 0 Å². The van der Waals surface area contributed by atoms with Crippen LogP contribution in [-0.4, -0.2) is 18.1 Å². The van der Waals surface area contributed by atoms with E-state index in [1.165, 1.54) is 42.5 Å². The van der Waals surface area contributed by atoms with E-state index in [4.69, 9.17) is 10.7 Å². The number of fused-ring (bicyclic) bond motifs is 1. The van der Waals surface area contributed by atoms with Gasteiger partial charge < -0.3 is 10.6 Å². The molecular formula is C17H29N3. The largest absolute Gasteiger partial charge is 0.356 e. The molecule has 0 fully saturated rings. The summed E-state index contributed by atoms with van der Waals surface area (Å²) in [7, 11) is 0. The molecule has 0 aliphatic heterocycles. The Balaban J connectivity index is 2.28. The Morgan fingerprint density at radius 1 is 1.25 bits per heavy atom. The number of hydrogen-bond donors (Lipinski definition) is 1. The number of nitrogens with zero attached hydrogens (tertiary/aromatic N) is 2. The first-order valence-corrected chi connectivity index (χ1v) is 8.20. The van der Waals surface area contributed by atoms with Gasteiger partial charge in [0.1, 0.15) is 5.82 Å². The standard InChI is InChI=1S/C17H29N3/c1-4-13(5-2)12-20(6-3)17-15(11-18)10-14-8-7-9-16(14)19-17/h10,13H,4-9,11-12,18H2,1-3H3. The van der Waals surface area contributed by atoms with Gasteiger partial charge in [-0.25, -0.2) is 4.98 Å². The van der Waals surface area contributed by atoms with Gasteiger partial charge in [0, 0.05) is 30.9 Å². The van der Waals surface area contributed by atoms with Gasteiger partial charge >= 0.3 is 0 Å². The molecule has 0 bridgehead atoms. The maximum atomic E-state index is 5.97. The minimum Gasteiger partial charge on any atom is -0.356 e. The lowest BCUT2D eigenvalue weighted by molar-refractivity contribution is 0.483. The fourth-order valence-electron chi connectivity index (χ4n) is 3.16. The van der Waals surface area contributed by atoms with Crippen LogP contribution in [0, 0.1) is 5.92 Å². The second kappa shape index (κ2) is 7.07. The van der Waals surface area contributed by atoms with Crippen LogP contribution in [0.1, 0.15) is 56.9 Å². The highest BCUT2D eigenvalue weighted by molar-refractivity contribution is 5.51. The minimum atomic E-state index is 0.592. The van der Waals surface area contributed by atoms with Crippen LogP contribution in [0.15, 0.2) is 6.07 Å². The molecule has 0 radical (unpaired) electrons. The van der Waals surface area contributed by atoms with E-state index in [9.17, 15) is 0 Å². The molecule has 0 unspecified atom stereocenters. The molecule has 3 nitrogen and oxygen atoms in total. The first-order valence-electron chi connectivity index (χ1n) is 8.20. The average Bonchev–Trinajstić information content (AvgIpc) is 2.94. The molecular weight excluding hydrogens is 246 g/mol. The number of aromatic nitrogens is 1. The van der Waals surface area contributed by atoms with Crippen molar-refractivity contribution < 1.29 is 0 Å². The van der Waals surface area contributed by atoms with Crippen molar-refractivity contribution in [3.63, 3.8) is 0 Å². The highest BCUT2D eigenvalue weighted by Crippen LogP contribution is 2.28. The first-order chi connectivity index (χ1) is 9.73. The third-order valence-corrected chi connectivity index (χ3v) is 4.64. The molecule has 1 aliphatic rings. The molecule has 1 aromatic heterocycles. The zero-order chi connectivity index (χ0) is 14.5. The molecule has 1 aliphatic carbocycles. The molecule has 2 N–H and O–H groups in total. The predicted molar refractivity (Wildman–Crippen MR) is 86.1 cm³/mol. The topological polar surface area (TPSA) is 42.2 Å². The maximum absolute atomic E-state index is 5.97. The second-order valence-electron chi connectivity index (χ2n) is 5.86. The highest BCUT2D eigenvalue weighted by atomic mass is 15.2. The summed E-state index contributed by atoms with van der Waals surface area (Å²) >= 11 is 0. The summed E-state index contributed by atoms with van der Waals surface area (Å²) in [6, 6.07) is 2.31. The fraction of sp³-hybridized carbons (Fsp3) is 0.706. The Morgan fingerprint density at radius 3 is 2.60 bits per heavy atom. The van der Waals surface area contributed by atoms with Crippen molar-refractivity contribution in [1.29, 1.82) is 0 Å². The average molecular weight is 275 g/mol. The highest BCUT2D eigenvalue weighted by Gasteiger charge is 2.20. The van der Waals surface area contributed by atoms with E-state index in [0.717, 1.165) is 31.2 Å². The van der Waals surface area contributed by atoms with Gasteiger partial charge in [-0.15, -0.1) is 0 Å². The van der Waals surface area contributed by atoms with Crippen molar-refractivity contribution >= 4 is 5.82 Å². The van der Waals surface area contributed by atoms with Gasteiger partial charge in [0.05, 0.1) is 0 Å². The number of nitrogens with two attached hydrogens (primary N) is 1. The van der Waals surface area contributed by atoms with Crippen molar-refractivity contribution in [1.82, 2.24) is 4.98 Å². The molecule has 1 aromatic rings. The molecule has 0 saturated heterocycles. The summed E-state index contributed by atoms with van der Waals surface area (Å²) < 4.78 is 0. The van der Waals surface area contributed by atoms with Crippen LogP contribution in [0.3, 0.4) is 0 Å². The molecule has 1 heterocycles. The number of pyridine rings is 1. The first kappa shape index (κ1) is 15.3. The molecule has 0 spiro atoms. The van der Waals surface area contributed by atoms with E-state index in [0.29, 0.717) is 6.54 Å². The van der Waals surface area contributed by atoms with E-state index in [1.807, 2.05) is 0 Å². The molecule has 0 amide bonds. The summed E-state index contributed by atoms with van der Waals surface area (Å²) in [5.41, 5.74) is 9.92. The van der Waals surface area contributed by atoms with Crippen LogP contribution in [-0.2, 0) is 19.4 Å². The Labute approximate surface area is 123 Å². The number of hydrogen-bond acceptors (Lipinski definition) is 3. The minimum absolute atomic E-state index is 0.592. The summed E-state index contributed by atoms with van der Waals surface area (Å²) in [5.74, 6) is 1.89. The van der Waals surface area contributed by atoms with Gasteiger partial charge in [-0.2, -0.15) is 0 Å². The lowest BCUT2D eigenvalue weighted by Gasteiger charge is -2.28. The lowest BCUT2D eigenvalue weighted by atomic mass is 10.0. The van der Waals surface area contributed by atoms with Crippen LogP contribution < -0.4 is 10.6 Å². The van der Waals surface area contributed by atoms with E-state index >= 15 is 0 Å². The zero-order valence-corrected chi connectivity index (χ0v) is 13.3. The van der Waals surface area contributed by atoms with Crippen LogP contribution >= 0.6 is 0 Å². The molecule has 112 valence electrons.